The number of pyridine rings is 1. The minimum Gasteiger partial charge on any atom is -0.595 e. The van der Waals surface area contributed by atoms with Crippen molar-refractivity contribution in [1.29, 1.82) is 0 Å². The summed E-state index contributed by atoms with van der Waals surface area (Å²) in [7, 11) is 1.53. The first kappa shape index (κ1) is 17.6. The van der Waals surface area contributed by atoms with Gasteiger partial charge in [0.1, 0.15) is 11.3 Å². The Morgan fingerprint density at radius 3 is 2.65 bits per heavy atom. The van der Waals surface area contributed by atoms with Crippen molar-refractivity contribution < 1.29 is 20.3 Å². The summed E-state index contributed by atoms with van der Waals surface area (Å²) in [5.41, 5.74) is 0.177. The number of quaternary nitrogens is 1. The van der Waals surface area contributed by atoms with Crippen LogP contribution in [0.25, 0.3) is 17.0 Å². The zero-order chi connectivity index (χ0) is 18.8. The molecule has 7 nitrogen and oxygen atoms in total. The van der Waals surface area contributed by atoms with Gasteiger partial charge in [0.15, 0.2) is 11.5 Å². The van der Waals surface area contributed by atoms with E-state index in [2.05, 4.69) is 0 Å². The topological polar surface area (TPSA) is 107 Å². The van der Waals surface area contributed by atoms with E-state index in [-0.39, 0.29) is 17.0 Å². The van der Waals surface area contributed by atoms with E-state index < -0.39 is 16.6 Å². The Balaban J connectivity index is 2.03. The number of aromatic hydroxyl groups is 1. The SMILES string of the molecule is Cn1c(=O)c(C(=O)C=Cc2cccc([NH+]([O-])O)c2)c(O)c2ccccc21. The molecule has 3 aromatic rings. The minimum atomic E-state index is -1.08. The Hall–Kier alpha value is -3.26. The second-order valence-electron chi connectivity index (χ2n) is 5.73. The smallest absolute Gasteiger partial charge is 0.265 e. The first-order valence-electron chi connectivity index (χ1n) is 7.76. The summed E-state index contributed by atoms with van der Waals surface area (Å²) in [6, 6.07) is 12.8. The Morgan fingerprint density at radius 1 is 1.19 bits per heavy atom. The van der Waals surface area contributed by atoms with Crippen LogP contribution in [0.2, 0.25) is 0 Å². The molecule has 3 N–H and O–H groups in total. The van der Waals surface area contributed by atoms with Gasteiger partial charge in [-0.3, -0.25) is 9.59 Å². The number of hydrogen-bond acceptors (Lipinski definition) is 5. The Kier molecular flexibility index (Phi) is 4.68. The number of aryl methyl sites for hydroxylation is 1. The molecule has 0 aliphatic heterocycles. The average molecular weight is 352 g/mol. The van der Waals surface area contributed by atoms with E-state index in [0.717, 1.165) is 6.08 Å². The normalized spacial score (nSPS) is 12.6. The van der Waals surface area contributed by atoms with Crippen molar-refractivity contribution in [1.82, 2.24) is 4.57 Å². The van der Waals surface area contributed by atoms with Gasteiger partial charge in [0.2, 0.25) is 0 Å². The lowest BCUT2D eigenvalue weighted by Gasteiger charge is -2.11. The molecule has 1 aromatic heterocycles. The molecule has 3 rings (SSSR count). The molecule has 0 fully saturated rings. The number of rotatable bonds is 4. The molecule has 7 heteroatoms. The number of para-hydroxylation sites is 1. The monoisotopic (exact) mass is 352 g/mol. The summed E-state index contributed by atoms with van der Waals surface area (Å²) >= 11 is 0. The van der Waals surface area contributed by atoms with Crippen molar-refractivity contribution >= 4 is 28.4 Å². The standard InChI is InChI=1S/C19H16N2O5/c1-20-15-8-3-2-7-14(15)18(23)17(19(20)24)16(22)10-9-12-5-4-6-13(11-12)21(25)26/h2-11,21,23,25H,1H3. The van der Waals surface area contributed by atoms with Gasteiger partial charge in [-0.25, -0.2) is 5.21 Å². The number of hydrogen-bond donors (Lipinski definition) is 3. The van der Waals surface area contributed by atoms with Gasteiger partial charge in [0, 0.05) is 24.6 Å². The number of nitrogens with one attached hydrogen (secondary N) is 1. The van der Waals surface area contributed by atoms with Crippen LogP contribution in [0.15, 0.2) is 59.4 Å². The first-order valence-corrected chi connectivity index (χ1v) is 7.76. The van der Waals surface area contributed by atoms with E-state index in [0.29, 0.717) is 16.5 Å². The predicted octanol–water partition coefficient (Wildman–Crippen LogP) is 1.54. The van der Waals surface area contributed by atoms with E-state index in [4.69, 9.17) is 5.21 Å². The van der Waals surface area contributed by atoms with E-state index in [1.165, 1.54) is 29.8 Å². The van der Waals surface area contributed by atoms with Crippen LogP contribution in [0.1, 0.15) is 15.9 Å². The molecule has 0 aliphatic rings. The summed E-state index contributed by atoms with van der Waals surface area (Å²) in [5, 5.41) is 29.7. The number of ketones is 1. The number of allylic oxidation sites excluding steroid dienone is 1. The maximum atomic E-state index is 12.5. The zero-order valence-corrected chi connectivity index (χ0v) is 13.8. The van der Waals surface area contributed by atoms with Crippen molar-refractivity contribution in [3.8, 4) is 5.75 Å². The van der Waals surface area contributed by atoms with Crippen LogP contribution < -0.4 is 10.8 Å². The van der Waals surface area contributed by atoms with E-state index >= 15 is 0 Å². The minimum absolute atomic E-state index is 0.0871. The third kappa shape index (κ3) is 3.14. The number of carbonyl (C=O) groups is 1. The lowest BCUT2D eigenvalue weighted by Crippen LogP contribution is -2.99. The second-order valence-corrected chi connectivity index (χ2v) is 5.73. The van der Waals surface area contributed by atoms with Gasteiger partial charge in [-0.05, 0) is 23.8 Å². The molecule has 2 aromatic carbocycles. The molecular formula is C19H16N2O5. The molecule has 0 amide bonds. The van der Waals surface area contributed by atoms with Gasteiger partial charge in [-0.15, -0.1) is 0 Å². The summed E-state index contributed by atoms with van der Waals surface area (Å²) in [4.78, 5) is 25.0. The molecule has 0 saturated heterocycles. The maximum absolute atomic E-state index is 12.5. The predicted molar refractivity (Wildman–Crippen MR) is 96.4 cm³/mol. The fraction of sp³-hybridized carbons (Fsp3) is 0.0526. The number of benzene rings is 2. The Morgan fingerprint density at radius 2 is 1.92 bits per heavy atom. The molecule has 0 saturated carbocycles. The van der Waals surface area contributed by atoms with E-state index in [1.54, 1.807) is 36.4 Å². The number of fused-ring (bicyclic) bond motifs is 1. The highest BCUT2D eigenvalue weighted by atomic mass is 16.8. The lowest BCUT2D eigenvalue weighted by molar-refractivity contribution is -0.991. The quantitative estimate of drug-likeness (QED) is 0.375. The number of aromatic nitrogens is 1. The third-order valence-electron chi connectivity index (χ3n) is 4.08. The summed E-state index contributed by atoms with van der Waals surface area (Å²) in [5.74, 6) is -1.02. The second kappa shape index (κ2) is 6.93. The molecule has 0 radical (unpaired) electrons. The van der Waals surface area contributed by atoms with Gasteiger partial charge in [0.25, 0.3) is 5.56 Å². The fourth-order valence-electron chi connectivity index (χ4n) is 2.73. The summed E-state index contributed by atoms with van der Waals surface area (Å²) in [6.07, 6.45) is 2.55. The molecule has 132 valence electrons. The Labute approximate surface area is 148 Å². The molecule has 26 heavy (non-hydrogen) atoms. The van der Waals surface area contributed by atoms with Crippen LogP contribution in [0, 0.1) is 5.21 Å². The number of nitrogens with zero attached hydrogens (tertiary/aromatic N) is 1. The third-order valence-corrected chi connectivity index (χ3v) is 4.08. The van der Waals surface area contributed by atoms with Gasteiger partial charge < -0.3 is 14.9 Å². The summed E-state index contributed by atoms with van der Waals surface area (Å²) < 4.78 is 1.31. The largest absolute Gasteiger partial charge is 0.595 e. The van der Waals surface area contributed by atoms with Crippen molar-refractivity contribution in [2.45, 2.75) is 0 Å². The van der Waals surface area contributed by atoms with Gasteiger partial charge in [0.05, 0.1) is 5.52 Å². The van der Waals surface area contributed by atoms with Crippen LogP contribution in [0.5, 0.6) is 5.75 Å². The first-order chi connectivity index (χ1) is 12.4. The van der Waals surface area contributed by atoms with Gasteiger partial charge >= 0.3 is 0 Å². The maximum Gasteiger partial charge on any atom is 0.265 e. The van der Waals surface area contributed by atoms with Crippen LogP contribution in [-0.2, 0) is 7.05 Å². The molecular weight excluding hydrogens is 336 g/mol. The van der Waals surface area contributed by atoms with Crippen molar-refractivity contribution in [2.24, 2.45) is 7.05 Å². The average Bonchev–Trinajstić information content (AvgIpc) is 2.65. The highest BCUT2D eigenvalue weighted by Gasteiger charge is 2.19. The molecule has 0 aliphatic carbocycles. The molecule has 1 heterocycles. The van der Waals surface area contributed by atoms with Crippen molar-refractivity contribution in [2.75, 3.05) is 0 Å². The van der Waals surface area contributed by atoms with Crippen LogP contribution in [0.4, 0.5) is 5.69 Å². The molecule has 0 spiro atoms. The summed E-state index contributed by atoms with van der Waals surface area (Å²) in [6.45, 7) is 0. The highest BCUT2D eigenvalue weighted by molar-refractivity contribution is 6.11. The molecule has 1 atom stereocenters. The van der Waals surface area contributed by atoms with Crippen LogP contribution in [0.3, 0.4) is 0 Å². The van der Waals surface area contributed by atoms with Crippen molar-refractivity contribution in [3.05, 3.63) is 81.3 Å². The highest BCUT2D eigenvalue weighted by Crippen LogP contribution is 2.26. The van der Waals surface area contributed by atoms with Crippen LogP contribution >= 0.6 is 0 Å². The van der Waals surface area contributed by atoms with Gasteiger partial charge in [-0.2, -0.15) is 5.23 Å². The van der Waals surface area contributed by atoms with Gasteiger partial charge in [-0.1, -0.05) is 30.3 Å². The fourth-order valence-corrected chi connectivity index (χ4v) is 2.73. The van der Waals surface area contributed by atoms with E-state index in [9.17, 15) is 19.9 Å². The Bertz CT molecular complexity index is 1080. The zero-order valence-electron chi connectivity index (χ0n) is 13.8. The molecule has 1 unspecified atom stereocenters. The molecule has 0 bridgehead atoms. The number of carbonyl (C=O) groups excluding carboxylic acids is 1. The van der Waals surface area contributed by atoms with Crippen LogP contribution in [-0.4, -0.2) is 20.7 Å². The van der Waals surface area contributed by atoms with Crippen molar-refractivity contribution in [3.63, 3.8) is 0 Å². The lowest BCUT2D eigenvalue weighted by atomic mass is 10.1. The van der Waals surface area contributed by atoms with E-state index in [1.807, 2.05) is 0 Å².